The van der Waals surface area contributed by atoms with Crippen molar-refractivity contribution in [1.29, 1.82) is 0 Å². The number of tetrazole rings is 1. The van der Waals surface area contributed by atoms with Crippen LogP contribution in [-0.4, -0.2) is 63.6 Å². The lowest BCUT2D eigenvalue weighted by molar-refractivity contribution is -0.121. The number of sulfonamides is 1. The molecule has 158 valence electrons. The molecule has 0 atom stereocenters. The fourth-order valence-electron chi connectivity index (χ4n) is 2.35. The van der Waals surface area contributed by atoms with Crippen molar-refractivity contribution in [2.75, 3.05) is 18.8 Å². The molecule has 1 aromatic carbocycles. The third-order valence-electron chi connectivity index (χ3n) is 3.90. The molecule has 0 aliphatic rings. The molecule has 0 radical (unpaired) electrons. The SMILES string of the molecule is CCN(CC)S(=O)(=O)c1cccc(C(=O)NNC(=O)CCSc2nnnn2C)c1. The van der Waals surface area contributed by atoms with Crippen LogP contribution in [0.1, 0.15) is 30.6 Å². The Balaban J connectivity index is 1.90. The van der Waals surface area contributed by atoms with Gasteiger partial charge in [-0.2, -0.15) is 4.31 Å². The summed E-state index contributed by atoms with van der Waals surface area (Å²) in [4.78, 5) is 24.2. The minimum atomic E-state index is -3.68. The largest absolute Gasteiger partial charge is 0.273 e. The zero-order chi connectivity index (χ0) is 21.4. The molecule has 0 saturated heterocycles. The minimum absolute atomic E-state index is 0.0221. The van der Waals surface area contributed by atoms with Crippen molar-refractivity contribution >= 4 is 33.6 Å². The summed E-state index contributed by atoms with van der Waals surface area (Å²) in [5.41, 5.74) is 4.72. The van der Waals surface area contributed by atoms with Crippen LogP contribution in [0.3, 0.4) is 0 Å². The van der Waals surface area contributed by atoms with Crippen LogP contribution >= 0.6 is 11.8 Å². The highest BCUT2D eigenvalue weighted by Gasteiger charge is 2.22. The number of carbonyl (C=O) groups is 2. The van der Waals surface area contributed by atoms with E-state index in [1.54, 1.807) is 20.9 Å². The van der Waals surface area contributed by atoms with E-state index in [1.165, 1.54) is 45.0 Å². The van der Waals surface area contributed by atoms with Crippen LogP contribution in [0.2, 0.25) is 0 Å². The molecule has 0 unspecified atom stereocenters. The van der Waals surface area contributed by atoms with E-state index in [4.69, 9.17) is 0 Å². The first-order valence-corrected chi connectivity index (χ1v) is 11.3. The molecular formula is C16H23N7O4S2. The van der Waals surface area contributed by atoms with Crippen LogP contribution in [0.5, 0.6) is 0 Å². The number of carbonyl (C=O) groups excluding carboxylic acids is 2. The number of amides is 2. The lowest BCUT2D eigenvalue weighted by Gasteiger charge is -2.18. The third-order valence-corrected chi connectivity index (χ3v) is 6.95. The second kappa shape index (κ2) is 10.3. The van der Waals surface area contributed by atoms with Crippen molar-refractivity contribution < 1.29 is 18.0 Å². The molecule has 11 nitrogen and oxygen atoms in total. The van der Waals surface area contributed by atoms with E-state index in [9.17, 15) is 18.0 Å². The van der Waals surface area contributed by atoms with Crippen molar-refractivity contribution in [2.45, 2.75) is 30.3 Å². The van der Waals surface area contributed by atoms with E-state index in [2.05, 4.69) is 26.4 Å². The van der Waals surface area contributed by atoms with Gasteiger partial charge in [0.25, 0.3) is 5.91 Å². The van der Waals surface area contributed by atoms with Crippen LogP contribution < -0.4 is 10.9 Å². The van der Waals surface area contributed by atoms with Gasteiger partial charge in [0.05, 0.1) is 4.90 Å². The normalized spacial score (nSPS) is 11.4. The Bertz CT molecular complexity index is 958. The van der Waals surface area contributed by atoms with E-state index < -0.39 is 21.8 Å². The highest BCUT2D eigenvalue weighted by molar-refractivity contribution is 7.99. The number of hydrogen-bond donors (Lipinski definition) is 2. The van der Waals surface area contributed by atoms with Crippen LogP contribution in [-0.2, 0) is 21.9 Å². The van der Waals surface area contributed by atoms with Crippen LogP contribution in [0.4, 0.5) is 0 Å². The summed E-state index contributed by atoms with van der Waals surface area (Å²) in [7, 11) is -1.99. The Labute approximate surface area is 173 Å². The molecule has 0 aliphatic carbocycles. The molecule has 2 N–H and O–H groups in total. The lowest BCUT2D eigenvalue weighted by Crippen LogP contribution is -2.41. The highest BCUT2D eigenvalue weighted by atomic mass is 32.2. The number of thioether (sulfide) groups is 1. The lowest BCUT2D eigenvalue weighted by atomic mass is 10.2. The molecule has 2 rings (SSSR count). The van der Waals surface area contributed by atoms with Crippen molar-refractivity contribution in [3.8, 4) is 0 Å². The van der Waals surface area contributed by atoms with Gasteiger partial charge < -0.3 is 0 Å². The predicted octanol–water partition coefficient (Wildman–Crippen LogP) is 0.184. The van der Waals surface area contributed by atoms with Crippen LogP contribution in [0.15, 0.2) is 34.3 Å². The summed E-state index contributed by atoms with van der Waals surface area (Å²) in [6.45, 7) is 4.14. The van der Waals surface area contributed by atoms with Crippen molar-refractivity contribution in [2.24, 2.45) is 7.05 Å². The number of rotatable bonds is 9. The third kappa shape index (κ3) is 5.98. The summed E-state index contributed by atoms with van der Waals surface area (Å²) in [6, 6.07) is 5.67. The van der Waals surface area contributed by atoms with Gasteiger partial charge in [0, 0.05) is 37.9 Å². The molecule has 0 saturated carbocycles. The number of aryl methyl sites for hydroxylation is 1. The standard InChI is InChI=1S/C16H23N7O4S2/c1-4-23(5-2)29(26,27)13-8-6-7-12(11-13)15(25)18-17-14(24)9-10-28-16-19-20-21-22(16)3/h6-8,11H,4-5,9-10H2,1-3H3,(H,17,24)(H,18,25). The zero-order valence-corrected chi connectivity index (χ0v) is 18.0. The second-order valence-corrected chi connectivity index (χ2v) is 8.80. The minimum Gasteiger partial charge on any atom is -0.273 e. The molecule has 2 amide bonds. The molecule has 0 aliphatic heterocycles. The van der Waals surface area contributed by atoms with Gasteiger partial charge in [-0.3, -0.25) is 20.4 Å². The summed E-state index contributed by atoms with van der Waals surface area (Å²) < 4.78 is 28.0. The van der Waals surface area contributed by atoms with E-state index in [0.717, 1.165) is 0 Å². The average Bonchev–Trinajstić information content (AvgIpc) is 3.11. The Morgan fingerprint density at radius 1 is 1.21 bits per heavy atom. The van der Waals surface area contributed by atoms with E-state index in [1.807, 2.05) is 0 Å². The summed E-state index contributed by atoms with van der Waals surface area (Å²) >= 11 is 1.31. The van der Waals surface area contributed by atoms with Crippen molar-refractivity contribution in [3.63, 3.8) is 0 Å². The summed E-state index contributed by atoms with van der Waals surface area (Å²) in [5.74, 6) is -0.582. The first-order chi connectivity index (χ1) is 13.8. The number of aromatic nitrogens is 4. The molecule has 0 fully saturated rings. The topological polar surface area (TPSA) is 139 Å². The Morgan fingerprint density at radius 2 is 1.93 bits per heavy atom. The van der Waals surface area contributed by atoms with Gasteiger partial charge in [0.15, 0.2) is 0 Å². The fourth-order valence-corrected chi connectivity index (χ4v) is 4.64. The molecule has 1 aromatic heterocycles. The van der Waals surface area contributed by atoms with E-state index in [-0.39, 0.29) is 16.9 Å². The first-order valence-electron chi connectivity index (χ1n) is 8.84. The maximum absolute atomic E-state index is 12.6. The van der Waals surface area contributed by atoms with Crippen molar-refractivity contribution in [3.05, 3.63) is 29.8 Å². The van der Waals surface area contributed by atoms with Gasteiger partial charge in [-0.1, -0.05) is 31.7 Å². The number of hydrazine groups is 1. The quantitative estimate of drug-likeness (QED) is 0.415. The number of hydrogen-bond acceptors (Lipinski definition) is 8. The smallest absolute Gasteiger partial charge is 0.269 e. The Hall–Kier alpha value is -2.51. The van der Waals surface area contributed by atoms with Gasteiger partial charge in [0.1, 0.15) is 0 Å². The Kier molecular flexibility index (Phi) is 8.10. The molecule has 0 bridgehead atoms. The second-order valence-electron chi connectivity index (χ2n) is 5.80. The van der Waals surface area contributed by atoms with Gasteiger partial charge in [-0.15, -0.1) is 5.10 Å². The zero-order valence-electron chi connectivity index (χ0n) is 16.3. The Morgan fingerprint density at radius 3 is 2.55 bits per heavy atom. The maximum Gasteiger partial charge on any atom is 0.269 e. The monoisotopic (exact) mass is 441 g/mol. The first kappa shape index (κ1) is 22.8. The van der Waals surface area contributed by atoms with E-state index in [0.29, 0.717) is 24.0 Å². The van der Waals surface area contributed by atoms with Crippen LogP contribution in [0.25, 0.3) is 0 Å². The molecule has 2 aromatic rings. The van der Waals surface area contributed by atoms with E-state index >= 15 is 0 Å². The molecule has 29 heavy (non-hydrogen) atoms. The molecule has 1 heterocycles. The highest BCUT2D eigenvalue weighted by Crippen LogP contribution is 2.17. The molecule has 13 heteroatoms. The summed E-state index contributed by atoms with van der Waals surface area (Å²) in [6.07, 6.45) is 0.133. The van der Waals surface area contributed by atoms with Gasteiger partial charge in [0.2, 0.25) is 21.1 Å². The maximum atomic E-state index is 12.6. The molecular weight excluding hydrogens is 418 g/mol. The number of benzene rings is 1. The number of nitrogens with zero attached hydrogens (tertiary/aromatic N) is 5. The van der Waals surface area contributed by atoms with Crippen LogP contribution in [0, 0.1) is 0 Å². The fraction of sp³-hybridized carbons (Fsp3) is 0.438. The van der Waals surface area contributed by atoms with Gasteiger partial charge in [-0.05, 0) is 28.6 Å². The number of nitrogens with one attached hydrogen (secondary N) is 2. The van der Waals surface area contributed by atoms with Gasteiger partial charge in [-0.25, -0.2) is 13.1 Å². The average molecular weight is 442 g/mol. The molecule has 0 spiro atoms. The summed E-state index contributed by atoms with van der Waals surface area (Å²) in [5, 5.41) is 11.5. The predicted molar refractivity (Wildman–Crippen MR) is 106 cm³/mol. The van der Waals surface area contributed by atoms with Gasteiger partial charge >= 0.3 is 0 Å². The van der Waals surface area contributed by atoms with Crippen molar-refractivity contribution in [1.82, 2.24) is 35.4 Å².